The molecule has 0 bridgehead atoms. The van der Waals surface area contributed by atoms with Crippen molar-refractivity contribution in [2.45, 2.75) is 12.5 Å². The summed E-state index contributed by atoms with van der Waals surface area (Å²) in [7, 11) is 0. The van der Waals surface area contributed by atoms with Crippen molar-refractivity contribution in [1.82, 2.24) is 5.32 Å². The lowest BCUT2D eigenvalue weighted by molar-refractivity contribution is 0.0911. The van der Waals surface area contributed by atoms with E-state index in [1.807, 2.05) is 37.3 Å². The fraction of sp³-hybridized carbons (Fsp3) is 0.188. The Hall–Kier alpha value is -1.81. The monoisotopic (exact) mass is 333 g/mol. The Labute approximate surface area is 126 Å². The molecular formula is C16H16BrNO2. The highest BCUT2D eigenvalue weighted by molar-refractivity contribution is 9.09. The molecule has 1 amide bonds. The van der Waals surface area contributed by atoms with Crippen LogP contribution in [0.5, 0.6) is 5.75 Å². The summed E-state index contributed by atoms with van der Waals surface area (Å²) >= 11 is 3.45. The molecule has 3 nitrogen and oxygen atoms in total. The zero-order valence-corrected chi connectivity index (χ0v) is 12.7. The molecule has 0 heterocycles. The molecule has 2 rings (SSSR count). The molecule has 0 saturated carbocycles. The van der Waals surface area contributed by atoms with Crippen LogP contribution in [0.3, 0.4) is 0 Å². The number of hydrogen-bond acceptors (Lipinski definition) is 2. The minimum atomic E-state index is -0.541. The summed E-state index contributed by atoms with van der Waals surface area (Å²) in [5, 5.41) is 13.3. The number of carbonyl (C=O) groups is 1. The van der Waals surface area contributed by atoms with E-state index in [1.54, 1.807) is 18.2 Å². The number of benzene rings is 2. The van der Waals surface area contributed by atoms with Crippen LogP contribution >= 0.6 is 15.9 Å². The van der Waals surface area contributed by atoms with Crippen LogP contribution in [0.15, 0.2) is 54.6 Å². The van der Waals surface area contributed by atoms with Gasteiger partial charge in [-0.25, -0.2) is 0 Å². The van der Waals surface area contributed by atoms with E-state index in [9.17, 15) is 9.90 Å². The van der Waals surface area contributed by atoms with Crippen LogP contribution in [0.25, 0.3) is 0 Å². The summed E-state index contributed by atoms with van der Waals surface area (Å²) in [5.74, 6) is -0.316. The Morgan fingerprint density at radius 3 is 2.35 bits per heavy atom. The molecule has 0 radical (unpaired) electrons. The molecule has 2 aromatic carbocycles. The molecule has 2 N–H and O–H groups in total. The van der Waals surface area contributed by atoms with Crippen molar-refractivity contribution in [3.8, 4) is 5.75 Å². The van der Waals surface area contributed by atoms with E-state index in [1.165, 1.54) is 6.07 Å². The molecule has 104 valence electrons. The predicted molar refractivity (Wildman–Crippen MR) is 83.2 cm³/mol. The number of alkyl halides is 1. The molecule has 0 aliphatic carbocycles. The van der Waals surface area contributed by atoms with E-state index in [2.05, 4.69) is 21.2 Å². The average molecular weight is 334 g/mol. The van der Waals surface area contributed by atoms with E-state index < -0.39 is 5.54 Å². The molecule has 1 atom stereocenters. The Balaban J connectivity index is 2.27. The fourth-order valence-corrected chi connectivity index (χ4v) is 2.44. The molecule has 0 aliphatic heterocycles. The molecule has 0 fully saturated rings. The second kappa shape index (κ2) is 6.09. The number of rotatable bonds is 4. The standard InChI is InChI=1S/C16H16BrNO2/c1-16(11-17,12-7-3-2-4-8-12)18-15(20)13-9-5-6-10-14(13)19/h2-10,19H,11H2,1H3,(H,18,20). The van der Waals surface area contributed by atoms with Gasteiger partial charge in [-0.3, -0.25) is 4.79 Å². The Kier molecular flexibility index (Phi) is 4.45. The molecular weight excluding hydrogens is 318 g/mol. The van der Waals surface area contributed by atoms with Gasteiger partial charge in [0, 0.05) is 5.33 Å². The Morgan fingerprint density at radius 2 is 1.75 bits per heavy atom. The van der Waals surface area contributed by atoms with Crippen LogP contribution in [0.2, 0.25) is 0 Å². The average Bonchev–Trinajstić information content (AvgIpc) is 2.48. The summed E-state index contributed by atoms with van der Waals surface area (Å²) in [6.07, 6.45) is 0. The van der Waals surface area contributed by atoms with Crippen molar-refractivity contribution < 1.29 is 9.90 Å². The quantitative estimate of drug-likeness (QED) is 0.842. The Morgan fingerprint density at radius 1 is 1.15 bits per heavy atom. The summed E-state index contributed by atoms with van der Waals surface area (Å²) in [4.78, 5) is 12.3. The minimum Gasteiger partial charge on any atom is -0.507 e. The summed E-state index contributed by atoms with van der Waals surface area (Å²) in [6, 6.07) is 16.2. The first kappa shape index (κ1) is 14.6. The number of nitrogens with one attached hydrogen (secondary N) is 1. The van der Waals surface area contributed by atoms with Gasteiger partial charge in [0.05, 0.1) is 11.1 Å². The molecule has 0 spiro atoms. The van der Waals surface area contributed by atoms with Crippen LogP contribution in [0.4, 0.5) is 0 Å². The lowest BCUT2D eigenvalue weighted by atomic mass is 9.94. The predicted octanol–water partition coefficient (Wildman–Crippen LogP) is 3.43. The Bertz CT molecular complexity index is 600. The fourth-order valence-electron chi connectivity index (χ4n) is 1.97. The van der Waals surface area contributed by atoms with Gasteiger partial charge in [-0.05, 0) is 24.6 Å². The maximum atomic E-state index is 12.3. The summed E-state index contributed by atoms with van der Waals surface area (Å²) in [6.45, 7) is 1.94. The molecule has 20 heavy (non-hydrogen) atoms. The highest BCUT2D eigenvalue weighted by atomic mass is 79.9. The normalized spacial score (nSPS) is 13.5. The number of amides is 1. The van der Waals surface area contributed by atoms with Gasteiger partial charge in [0.1, 0.15) is 5.75 Å². The van der Waals surface area contributed by atoms with Crippen LogP contribution in [0, 0.1) is 0 Å². The van der Waals surface area contributed by atoms with Crippen LogP contribution in [0.1, 0.15) is 22.8 Å². The second-order valence-electron chi connectivity index (χ2n) is 4.80. The van der Waals surface area contributed by atoms with E-state index in [0.29, 0.717) is 5.33 Å². The highest BCUT2D eigenvalue weighted by Gasteiger charge is 2.28. The lowest BCUT2D eigenvalue weighted by Crippen LogP contribution is -2.44. The van der Waals surface area contributed by atoms with E-state index in [0.717, 1.165) is 5.56 Å². The van der Waals surface area contributed by atoms with Crippen molar-refractivity contribution in [2.24, 2.45) is 0 Å². The number of aromatic hydroxyl groups is 1. The minimum absolute atomic E-state index is 0.0185. The molecule has 0 aliphatic rings. The number of phenolic OH excluding ortho intramolecular Hbond substituents is 1. The number of carbonyl (C=O) groups excluding carboxylic acids is 1. The number of phenols is 1. The number of para-hydroxylation sites is 1. The topological polar surface area (TPSA) is 49.3 Å². The van der Waals surface area contributed by atoms with Gasteiger partial charge in [0.2, 0.25) is 0 Å². The van der Waals surface area contributed by atoms with Crippen LogP contribution in [-0.2, 0) is 5.54 Å². The molecule has 0 saturated heterocycles. The smallest absolute Gasteiger partial charge is 0.255 e. The highest BCUT2D eigenvalue weighted by Crippen LogP contribution is 2.25. The maximum absolute atomic E-state index is 12.3. The third kappa shape index (κ3) is 3.02. The van der Waals surface area contributed by atoms with Crippen LogP contribution < -0.4 is 5.32 Å². The van der Waals surface area contributed by atoms with Gasteiger partial charge in [-0.2, -0.15) is 0 Å². The maximum Gasteiger partial charge on any atom is 0.255 e. The van der Waals surface area contributed by atoms with Crippen molar-refractivity contribution in [3.63, 3.8) is 0 Å². The van der Waals surface area contributed by atoms with Gasteiger partial charge in [-0.1, -0.05) is 58.4 Å². The van der Waals surface area contributed by atoms with Crippen LogP contribution in [-0.4, -0.2) is 16.3 Å². The SMILES string of the molecule is CC(CBr)(NC(=O)c1ccccc1O)c1ccccc1. The molecule has 1 unspecified atom stereocenters. The summed E-state index contributed by atoms with van der Waals surface area (Å²) in [5.41, 5.74) is 0.733. The van der Waals surface area contributed by atoms with Crippen molar-refractivity contribution >= 4 is 21.8 Å². The van der Waals surface area contributed by atoms with Gasteiger partial charge in [-0.15, -0.1) is 0 Å². The van der Waals surface area contributed by atoms with Gasteiger partial charge in [0.15, 0.2) is 0 Å². The zero-order chi connectivity index (χ0) is 14.6. The van der Waals surface area contributed by atoms with Gasteiger partial charge in [0.25, 0.3) is 5.91 Å². The van der Waals surface area contributed by atoms with E-state index >= 15 is 0 Å². The third-order valence-corrected chi connectivity index (χ3v) is 4.34. The van der Waals surface area contributed by atoms with Crippen molar-refractivity contribution in [1.29, 1.82) is 0 Å². The summed E-state index contributed by atoms with van der Waals surface area (Å²) < 4.78 is 0. The van der Waals surface area contributed by atoms with E-state index in [4.69, 9.17) is 0 Å². The van der Waals surface area contributed by atoms with Gasteiger partial charge >= 0.3 is 0 Å². The zero-order valence-electron chi connectivity index (χ0n) is 11.1. The third-order valence-electron chi connectivity index (χ3n) is 3.22. The number of halogens is 1. The first-order chi connectivity index (χ1) is 9.57. The molecule has 2 aromatic rings. The largest absolute Gasteiger partial charge is 0.507 e. The molecule has 0 aromatic heterocycles. The molecule has 4 heteroatoms. The number of hydrogen-bond donors (Lipinski definition) is 2. The first-order valence-corrected chi connectivity index (χ1v) is 7.41. The van der Waals surface area contributed by atoms with Gasteiger partial charge < -0.3 is 10.4 Å². The van der Waals surface area contributed by atoms with Crippen molar-refractivity contribution in [3.05, 3.63) is 65.7 Å². The second-order valence-corrected chi connectivity index (χ2v) is 5.36. The first-order valence-electron chi connectivity index (χ1n) is 6.29. The lowest BCUT2D eigenvalue weighted by Gasteiger charge is -2.29. The van der Waals surface area contributed by atoms with Crippen molar-refractivity contribution in [2.75, 3.05) is 5.33 Å². The van der Waals surface area contributed by atoms with E-state index in [-0.39, 0.29) is 17.2 Å².